The summed E-state index contributed by atoms with van der Waals surface area (Å²) in [5, 5.41) is -0.0154. The molecule has 0 unspecified atom stereocenters. The Morgan fingerprint density at radius 1 is 1.38 bits per heavy atom. The van der Waals surface area contributed by atoms with E-state index >= 15 is 0 Å². The lowest BCUT2D eigenvalue weighted by atomic mass is 10.3. The monoisotopic (exact) mass is 393 g/mol. The Kier molecular flexibility index (Phi) is 5.03. The fraction of sp³-hybridized carbons (Fsp3) is 0.0769. The second-order valence-corrected chi connectivity index (χ2v) is 5.35. The Morgan fingerprint density at radius 2 is 2.10 bits per heavy atom. The van der Waals surface area contributed by atoms with E-state index in [2.05, 4.69) is 25.7 Å². The summed E-state index contributed by atoms with van der Waals surface area (Å²) in [6.07, 6.45) is 1.28. The van der Waals surface area contributed by atoms with E-state index in [4.69, 9.17) is 27.9 Å². The molecule has 0 saturated heterocycles. The van der Waals surface area contributed by atoms with Crippen LogP contribution < -0.4 is 4.74 Å². The van der Waals surface area contributed by atoms with Gasteiger partial charge in [-0.2, -0.15) is 0 Å². The molecule has 0 amide bonds. The standard InChI is InChI=1S/C13H7BrCl2FNO3/c1-20-13(19)6-2-3-9(18-5-6)21-12-7(15)4-8(17)10(14)11(12)16/h2-5H,1H3. The number of carbonyl (C=O) groups is 1. The molecule has 0 radical (unpaired) electrons. The molecule has 0 aliphatic heterocycles. The smallest absolute Gasteiger partial charge is 0.339 e. The number of methoxy groups -OCH3 is 1. The molecule has 0 spiro atoms. The first-order valence-corrected chi connectivity index (χ1v) is 7.04. The highest BCUT2D eigenvalue weighted by atomic mass is 79.9. The molecule has 2 aromatic rings. The van der Waals surface area contributed by atoms with Gasteiger partial charge >= 0.3 is 5.97 Å². The van der Waals surface area contributed by atoms with Crippen molar-refractivity contribution < 1.29 is 18.7 Å². The first-order chi connectivity index (χ1) is 9.93. The van der Waals surface area contributed by atoms with Crippen LogP contribution in [0, 0.1) is 5.82 Å². The normalized spacial score (nSPS) is 10.3. The van der Waals surface area contributed by atoms with Gasteiger partial charge in [-0.05, 0) is 28.1 Å². The number of rotatable bonds is 3. The number of halogens is 4. The summed E-state index contributed by atoms with van der Waals surface area (Å²) in [5.41, 5.74) is 0.266. The lowest BCUT2D eigenvalue weighted by Crippen LogP contribution is -2.01. The second-order valence-electron chi connectivity index (χ2n) is 3.78. The van der Waals surface area contributed by atoms with Gasteiger partial charge in [0.25, 0.3) is 0 Å². The topological polar surface area (TPSA) is 48.4 Å². The molecule has 21 heavy (non-hydrogen) atoms. The molecule has 0 fully saturated rings. The molecule has 0 aliphatic carbocycles. The average Bonchev–Trinajstić information content (AvgIpc) is 2.49. The highest BCUT2D eigenvalue weighted by Crippen LogP contribution is 2.41. The van der Waals surface area contributed by atoms with Gasteiger partial charge in [-0.15, -0.1) is 0 Å². The first kappa shape index (κ1) is 16.0. The van der Waals surface area contributed by atoms with Gasteiger partial charge < -0.3 is 9.47 Å². The van der Waals surface area contributed by atoms with Crippen molar-refractivity contribution in [2.75, 3.05) is 7.11 Å². The highest BCUT2D eigenvalue weighted by Gasteiger charge is 2.17. The van der Waals surface area contributed by atoms with Crippen molar-refractivity contribution in [3.63, 3.8) is 0 Å². The predicted molar refractivity (Wildman–Crippen MR) is 79.8 cm³/mol. The fourth-order valence-electron chi connectivity index (χ4n) is 1.43. The van der Waals surface area contributed by atoms with E-state index in [-0.39, 0.29) is 31.7 Å². The van der Waals surface area contributed by atoms with E-state index in [1.54, 1.807) is 0 Å². The van der Waals surface area contributed by atoms with E-state index in [9.17, 15) is 9.18 Å². The summed E-state index contributed by atoms with van der Waals surface area (Å²) in [7, 11) is 1.27. The van der Waals surface area contributed by atoms with E-state index < -0.39 is 11.8 Å². The fourth-order valence-corrected chi connectivity index (χ4v) is 2.23. The number of pyridine rings is 1. The molecule has 1 aromatic heterocycles. The minimum Gasteiger partial charge on any atom is -0.465 e. The summed E-state index contributed by atoms with van der Waals surface area (Å²) < 4.78 is 23.4. The van der Waals surface area contributed by atoms with Crippen molar-refractivity contribution >= 4 is 45.1 Å². The van der Waals surface area contributed by atoms with E-state index in [1.807, 2.05) is 0 Å². The number of nitrogens with zero attached hydrogens (tertiary/aromatic N) is 1. The highest BCUT2D eigenvalue weighted by molar-refractivity contribution is 9.10. The van der Waals surface area contributed by atoms with Gasteiger partial charge in [0.05, 0.1) is 22.2 Å². The van der Waals surface area contributed by atoms with Crippen LogP contribution in [0.2, 0.25) is 10.0 Å². The van der Waals surface area contributed by atoms with Crippen molar-refractivity contribution in [3.05, 3.63) is 50.3 Å². The SMILES string of the molecule is COC(=O)c1ccc(Oc2c(Cl)cc(F)c(Br)c2Cl)nc1. The van der Waals surface area contributed by atoms with Crippen LogP contribution in [0.25, 0.3) is 0 Å². The molecule has 0 aliphatic rings. The summed E-state index contributed by atoms with van der Waals surface area (Å²) >= 11 is 14.8. The lowest BCUT2D eigenvalue weighted by molar-refractivity contribution is 0.0600. The maximum Gasteiger partial charge on any atom is 0.339 e. The zero-order valence-electron chi connectivity index (χ0n) is 10.5. The number of benzene rings is 1. The number of aromatic nitrogens is 1. The van der Waals surface area contributed by atoms with Crippen LogP contribution in [-0.2, 0) is 4.74 Å². The Hall–Kier alpha value is -1.37. The number of hydrogen-bond donors (Lipinski definition) is 0. The van der Waals surface area contributed by atoms with Crippen LogP contribution in [-0.4, -0.2) is 18.1 Å². The van der Waals surface area contributed by atoms with Gasteiger partial charge in [-0.3, -0.25) is 0 Å². The van der Waals surface area contributed by atoms with Gasteiger partial charge in [-0.1, -0.05) is 23.2 Å². The van der Waals surface area contributed by atoms with Crippen LogP contribution in [0.15, 0.2) is 28.9 Å². The maximum absolute atomic E-state index is 13.4. The summed E-state index contributed by atoms with van der Waals surface area (Å²) in [5.74, 6) is -0.920. The number of hydrogen-bond acceptors (Lipinski definition) is 4. The Balaban J connectivity index is 2.31. The summed E-state index contributed by atoms with van der Waals surface area (Å²) in [4.78, 5) is 15.2. The van der Waals surface area contributed by atoms with Crippen LogP contribution in [0.4, 0.5) is 4.39 Å². The molecule has 110 valence electrons. The van der Waals surface area contributed by atoms with E-state index in [0.29, 0.717) is 0 Å². The van der Waals surface area contributed by atoms with Crippen molar-refractivity contribution in [2.24, 2.45) is 0 Å². The maximum atomic E-state index is 13.4. The quantitative estimate of drug-likeness (QED) is 0.423. The lowest BCUT2D eigenvalue weighted by Gasteiger charge is -2.10. The molecule has 0 bridgehead atoms. The average molecular weight is 395 g/mol. The van der Waals surface area contributed by atoms with Crippen molar-refractivity contribution in [2.45, 2.75) is 0 Å². The Bertz CT molecular complexity index is 695. The molecular weight excluding hydrogens is 388 g/mol. The van der Waals surface area contributed by atoms with Crippen LogP contribution in [0.1, 0.15) is 10.4 Å². The number of ether oxygens (including phenoxy) is 2. The zero-order chi connectivity index (χ0) is 15.6. The van der Waals surface area contributed by atoms with E-state index in [1.165, 1.54) is 25.4 Å². The summed E-state index contributed by atoms with van der Waals surface area (Å²) in [6, 6.07) is 3.97. The van der Waals surface area contributed by atoms with Crippen molar-refractivity contribution in [1.29, 1.82) is 0 Å². The van der Waals surface area contributed by atoms with E-state index in [0.717, 1.165) is 6.07 Å². The minimum absolute atomic E-state index is 0.000422. The largest absolute Gasteiger partial charge is 0.465 e. The molecule has 8 heteroatoms. The molecule has 0 atom stereocenters. The first-order valence-electron chi connectivity index (χ1n) is 5.49. The molecule has 4 nitrogen and oxygen atoms in total. The number of esters is 1. The molecule has 0 N–H and O–H groups in total. The number of carbonyl (C=O) groups excluding carboxylic acids is 1. The Labute approximate surface area is 137 Å². The summed E-state index contributed by atoms with van der Waals surface area (Å²) in [6.45, 7) is 0. The van der Waals surface area contributed by atoms with Gasteiger partial charge in [0, 0.05) is 12.3 Å². The van der Waals surface area contributed by atoms with Crippen LogP contribution in [0.3, 0.4) is 0 Å². The minimum atomic E-state index is -0.605. The van der Waals surface area contributed by atoms with Gasteiger partial charge in [0.15, 0.2) is 5.75 Å². The Morgan fingerprint density at radius 3 is 2.67 bits per heavy atom. The van der Waals surface area contributed by atoms with Crippen LogP contribution in [0.5, 0.6) is 11.6 Å². The molecule has 1 heterocycles. The van der Waals surface area contributed by atoms with Crippen LogP contribution >= 0.6 is 39.1 Å². The third-order valence-corrected chi connectivity index (χ3v) is 4.08. The van der Waals surface area contributed by atoms with Crippen molar-refractivity contribution in [3.8, 4) is 11.6 Å². The van der Waals surface area contributed by atoms with Gasteiger partial charge in [0.2, 0.25) is 5.88 Å². The van der Waals surface area contributed by atoms with Gasteiger partial charge in [0.1, 0.15) is 10.8 Å². The van der Waals surface area contributed by atoms with Gasteiger partial charge in [-0.25, -0.2) is 14.2 Å². The zero-order valence-corrected chi connectivity index (χ0v) is 13.6. The molecular formula is C13H7BrCl2FNO3. The predicted octanol–water partition coefficient (Wildman–Crippen LogP) is 4.87. The third kappa shape index (κ3) is 3.45. The molecule has 0 saturated carbocycles. The molecule has 2 rings (SSSR count). The third-order valence-electron chi connectivity index (χ3n) is 2.44. The second kappa shape index (κ2) is 6.60. The molecule has 1 aromatic carbocycles. The van der Waals surface area contributed by atoms with Crippen molar-refractivity contribution in [1.82, 2.24) is 4.98 Å².